The molecule has 5 nitrogen and oxygen atoms in total. The second-order valence-corrected chi connectivity index (χ2v) is 3.91. The maximum Gasteiger partial charge on any atom is 0.325 e. The molecule has 0 saturated carbocycles. The van der Waals surface area contributed by atoms with E-state index in [0.29, 0.717) is 16.8 Å². The van der Waals surface area contributed by atoms with Crippen molar-refractivity contribution in [2.75, 3.05) is 19.0 Å². The van der Waals surface area contributed by atoms with Crippen LogP contribution in [-0.4, -0.2) is 29.6 Å². The Kier molecular flexibility index (Phi) is 4.49. The molecule has 0 atom stereocenters. The van der Waals surface area contributed by atoms with E-state index >= 15 is 0 Å². The summed E-state index contributed by atoms with van der Waals surface area (Å²) < 4.78 is 4.50. The molecule has 0 saturated heterocycles. The van der Waals surface area contributed by atoms with Gasteiger partial charge in [0.05, 0.1) is 7.11 Å². The van der Waals surface area contributed by atoms with Gasteiger partial charge in [-0.25, -0.2) is 9.97 Å². The van der Waals surface area contributed by atoms with Crippen molar-refractivity contribution in [2.45, 2.75) is 19.8 Å². The summed E-state index contributed by atoms with van der Waals surface area (Å²) in [4.78, 5) is 19.2. The molecule has 0 unspecified atom stereocenters. The van der Waals surface area contributed by atoms with Crippen molar-refractivity contribution >= 4 is 23.4 Å². The predicted molar refractivity (Wildman–Crippen MR) is 61.6 cm³/mol. The lowest BCUT2D eigenvalue weighted by Gasteiger charge is -2.08. The fourth-order valence-corrected chi connectivity index (χ4v) is 1.21. The van der Waals surface area contributed by atoms with Gasteiger partial charge in [0.15, 0.2) is 0 Å². The minimum atomic E-state index is -0.360. The summed E-state index contributed by atoms with van der Waals surface area (Å²) in [6.45, 7) is 3.99. The van der Waals surface area contributed by atoms with Crippen LogP contribution in [-0.2, 0) is 9.53 Å². The van der Waals surface area contributed by atoms with Crippen LogP contribution in [0.3, 0.4) is 0 Å². The molecule has 0 aliphatic heterocycles. The summed E-state index contributed by atoms with van der Waals surface area (Å²) >= 11 is 5.84. The van der Waals surface area contributed by atoms with Gasteiger partial charge in [0.1, 0.15) is 23.3 Å². The van der Waals surface area contributed by atoms with E-state index in [2.05, 4.69) is 20.0 Å². The third-order valence-corrected chi connectivity index (χ3v) is 2.06. The molecule has 1 rings (SSSR count). The van der Waals surface area contributed by atoms with Crippen LogP contribution < -0.4 is 5.32 Å². The highest BCUT2D eigenvalue weighted by Crippen LogP contribution is 2.16. The second-order valence-electron chi connectivity index (χ2n) is 3.52. The average molecular weight is 244 g/mol. The summed E-state index contributed by atoms with van der Waals surface area (Å²) in [5.74, 6) is 0.979. The molecule has 0 spiro atoms. The van der Waals surface area contributed by atoms with E-state index in [4.69, 9.17) is 11.6 Å². The quantitative estimate of drug-likeness (QED) is 0.646. The Morgan fingerprint density at radius 1 is 1.56 bits per heavy atom. The van der Waals surface area contributed by atoms with Crippen LogP contribution in [0, 0.1) is 0 Å². The van der Waals surface area contributed by atoms with Gasteiger partial charge in [-0.15, -0.1) is 0 Å². The minimum Gasteiger partial charge on any atom is -0.468 e. The van der Waals surface area contributed by atoms with Crippen molar-refractivity contribution in [2.24, 2.45) is 0 Å². The SMILES string of the molecule is COC(=O)CNc1cc(Cl)nc(C(C)C)n1. The smallest absolute Gasteiger partial charge is 0.325 e. The van der Waals surface area contributed by atoms with Crippen LogP contribution in [0.2, 0.25) is 5.15 Å². The van der Waals surface area contributed by atoms with Crippen LogP contribution >= 0.6 is 11.6 Å². The van der Waals surface area contributed by atoms with E-state index in [0.717, 1.165) is 0 Å². The predicted octanol–water partition coefficient (Wildman–Crippen LogP) is 1.84. The molecule has 1 heterocycles. The van der Waals surface area contributed by atoms with Gasteiger partial charge < -0.3 is 10.1 Å². The molecule has 1 aromatic heterocycles. The zero-order valence-electron chi connectivity index (χ0n) is 9.45. The molecule has 0 radical (unpaired) electrons. The highest BCUT2D eigenvalue weighted by atomic mass is 35.5. The summed E-state index contributed by atoms with van der Waals surface area (Å²) in [6, 6.07) is 1.57. The number of anilines is 1. The molecule has 0 fully saturated rings. The summed E-state index contributed by atoms with van der Waals surface area (Å²) in [6.07, 6.45) is 0. The van der Waals surface area contributed by atoms with E-state index < -0.39 is 0 Å². The van der Waals surface area contributed by atoms with Gasteiger partial charge >= 0.3 is 5.97 Å². The maximum atomic E-state index is 10.9. The molecule has 0 bridgehead atoms. The number of esters is 1. The molecule has 1 aromatic rings. The highest BCUT2D eigenvalue weighted by Gasteiger charge is 2.08. The normalized spacial score (nSPS) is 10.3. The van der Waals surface area contributed by atoms with Crippen LogP contribution in [0.25, 0.3) is 0 Å². The zero-order valence-corrected chi connectivity index (χ0v) is 10.2. The Morgan fingerprint density at radius 3 is 2.81 bits per heavy atom. The van der Waals surface area contributed by atoms with E-state index in [-0.39, 0.29) is 18.4 Å². The topological polar surface area (TPSA) is 64.1 Å². The van der Waals surface area contributed by atoms with E-state index in [1.165, 1.54) is 7.11 Å². The van der Waals surface area contributed by atoms with E-state index in [1.54, 1.807) is 6.07 Å². The number of halogens is 1. The number of ether oxygens (including phenoxy) is 1. The highest BCUT2D eigenvalue weighted by molar-refractivity contribution is 6.29. The molecular weight excluding hydrogens is 230 g/mol. The monoisotopic (exact) mass is 243 g/mol. The Hall–Kier alpha value is -1.36. The molecular formula is C10H14ClN3O2. The minimum absolute atomic E-state index is 0.0569. The van der Waals surface area contributed by atoms with Gasteiger partial charge in [-0.05, 0) is 0 Å². The number of aromatic nitrogens is 2. The third kappa shape index (κ3) is 3.66. The van der Waals surface area contributed by atoms with Crippen molar-refractivity contribution in [3.8, 4) is 0 Å². The third-order valence-electron chi connectivity index (χ3n) is 1.87. The number of nitrogens with zero attached hydrogens (tertiary/aromatic N) is 2. The zero-order chi connectivity index (χ0) is 12.1. The van der Waals surface area contributed by atoms with Crippen LogP contribution in [0.15, 0.2) is 6.07 Å². The van der Waals surface area contributed by atoms with Gasteiger partial charge in [0.2, 0.25) is 0 Å². The van der Waals surface area contributed by atoms with Crippen molar-refractivity contribution < 1.29 is 9.53 Å². The summed E-state index contributed by atoms with van der Waals surface area (Å²) in [5, 5.41) is 3.17. The van der Waals surface area contributed by atoms with Crippen molar-refractivity contribution in [1.82, 2.24) is 9.97 Å². The second kappa shape index (κ2) is 5.65. The number of carbonyl (C=O) groups excluding carboxylic acids is 1. The van der Waals surface area contributed by atoms with Crippen LogP contribution in [0.1, 0.15) is 25.6 Å². The number of nitrogens with one attached hydrogen (secondary N) is 1. The lowest BCUT2D eigenvalue weighted by Crippen LogP contribution is -2.16. The number of hydrogen-bond acceptors (Lipinski definition) is 5. The number of methoxy groups -OCH3 is 1. The number of carbonyl (C=O) groups is 1. The van der Waals surface area contributed by atoms with Crippen molar-refractivity contribution in [1.29, 1.82) is 0 Å². The lowest BCUT2D eigenvalue weighted by molar-refractivity contribution is -0.138. The van der Waals surface area contributed by atoms with Crippen LogP contribution in [0.4, 0.5) is 5.82 Å². The van der Waals surface area contributed by atoms with Crippen molar-refractivity contribution in [3.63, 3.8) is 0 Å². The first-order chi connectivity index (χ1) is 7.52. The molecule has 0 aliphatic rings. The Morgan fingerprint density at radius 2 is 2.25 bits per heavy atom. The van der Waals surface area contributed by atoms with E-state index in [1.807, 2.05) is 13.8 Å². The van der Waals surface area contributed by atoms with Gasteiger partial charge in [-0.3, -0.25) is 4.79 Å². The molecule has 1 N–H and O–H groups in total. The van der Waals surface area contributed by atoms with Gasteiger partial charge in [0.25, 0.3) is 0 Å². The maximum absolute atomic E-state index is 10.9. The fraction of sp³-hybridized carbons (Fsp3) is 0.500. The largest absolute Gasteiger partial charge is 0.468 e. The molecule has 16 heavy (non-hydrogen) atoms. The van der Waals surface area contributed by atoms with Crippen molar-refractivity contribution in [3.05, 3.63) is 17.0 Å². The number of rotatable bonds is 4. The first-order valence-corrected chi connectivity index (χ1v) is 5.26. The summed E-state index contributed by atoms with van der Waals surface area (Å²) in [5.41, 5.74) is 0. The van der Waals surface area contributed by atoms with Crippen LogP contribution in [0.5, 0.6) is 0 Å². The first kappa shape index (κ1) is 12.7. The summed E-state index contributed by atoms with van der Waals surface area (Å²) in [7, 11) is 1.33. The molecule has 0 amide bonds. The standard InChI is InChI=1S/C10H14ClN3O2/c1-6(2)10-13-7(11)4-8(14-10)12-5-9(15)16-3/h4,6H,5H2,1-3H3,(H,12,13,14). The van der Waals surface area contributed by atoms with Gasteiger partial charge in [0, 0.05) is 12.0 Å². The fourth-order valence-electron chi connectivity index (χ4n) is 1.02. The molecule has 6 heteroatoms. The molecule has 0 aliphatic carbocycles. The average Bonchev–Trinajstić information content (AvgIpc) is 2.25. The molecule has 88 valence electrons. The Labute approximate surface area is 99.2 Å². The Bertz CT molecular complexity index is 382. The number of hydrogen-bond donors (Lipinski definition) is 1. The van der Waals surface area contributed by atoms with Gasteiger partial charge in [-0.2, -0.15) is 0 Å². The Balaban J connectivity index is 2.76. The first-order valence-electron chi connectivity index (χ1n) is 4.88. The van der Waals surface area contributed by atoms with E-state index in [9.17, 15) is 4.79 Å². The van der Waals surface area contributed by atoms with Gasteiger partial charge in [-0.1, -0.05) is 25.4 Å². The molecule has 0 aromatic carbocycles. The lowest BCUT2D eigenvalue weighted by atomic mass is 10.2.